The highest BCUT2D eigenvalue weighted by Gasteiger charge is 2.57. The molecule has 4 nitrogen and oxygen atoms in total. The lowest BCUT2D eigenvalue weighted by molar-refractivity contribution is -0.118. The van der Waals surface area contributed by atoms with Gasteiger partial charge in [0, 0.05) is 11.6 Å². The van der Waals surface area contributed by atoms with Crippen LogP contribution in [0.4, 0.5) is 5.69 Å². The zero-order valence-corrected chi connectivity index (χ0v) is 14.1. The standard InChI is InChI=1S/C16H19N3OS.ClH/c1-10-18-13-3-2-11(8-14(13)21-10)19-15(20)12-9-16(12)4-6-17-7-5-16;/h2-3,8,12,17H,4-7,9H2,1H3,(H,19,20);1H. The Bertz CT molecular complexity index is 708. The van der Waals surface area contributed by atoms with E-state index in [4.69, 9.17) is 0 Å². The molecule has 118 valence electrons. The van der Waals surface area contributed by atoms with Crippen molar-refractivity contribution < 1.29 is 4.79 Å². The predicted octanol–water partition coefficient (Wildman–Crippen LogP) is 3.35. The third kappa shape index (κ3) is 2.73. The van der Waals surface area contributed by atoms with Crippen molar-refractivity contribution in [3.63, 3.8) is 0 Å². The summed E-state index contributed by atoms with van der Waals surface area (Å²) in [5.41, 5.74) is 2.20. The third-order valence-corrected chi connectivity index (χ3v) is 5.80. The Kier molecular flexibility index (Phi) is 4.14. The number of piperidine rings is 1. The lowest BCUT2D eigenvalue weighted by Crippen LogP contribution is -2.31. The number of benzene rings is 1. The monoisotopic (exact) mass is 337 g/mol. The maximum Gasteiger partial charge on any atom is 0.228 e. The number of carbonyl (C=O) groups is 1. The maximum absolute atomic E-state index is 12.4. The van der Waals surface area contributed by atoms with E-state index in [1.807, 2.05) is 25.1 Å². The van der Waals surface area contributed by atoms with Crippen molar-refractivity contribution in [1.82, 2.24) is 10.3 Å². The lowest BCUT2D eigenvalue weighted by Gasteiger charge is -2.23. The van der Waals surface area contributed by atoms with Crippen LogP contribution < -0.4 is 10.6 Å². The van der Waals surface area contributed by atoms with E-state index in [0.29, 0.717) is 5.41 Å². The summed E-state index contributed by atoms with van der Waals surface area (Å²) in [6.07, 6.45) is 3.33. The van der Waals surface area contributed by atoms with E-state index < -0.39 is 0 Å². The Hall–Kier alpha value is -1.17. The molecule has 1 unspecified atom stereocenters. The number of nitrogens with zero attached hydrogens (tertiary/aromatic N) is 1. The topological polar surface area (TPSA) is 54.0 Å². The van der Waals surface area contributed by atoms with Crippen LogP contribution in [0.25, 0.3) is 10.2 Å². The molecular formula is C16H20ClN3OS. The number of fused-ring (bicyclic) bond motifs is 1. The Morgan fingerprint density at radius 2 is 2.18 bits per heavy atom. The van der Waals surface area contributed by atoms with Crippen LogP contribution in [-0.2, 0) is 4.79 Å². The summed E-state index contributed by atoms with van der Waals surface area (Å²) >= 11 is 1.67. The van der Waals surface area contributed by atoms with Crippen LogP contribution in [0.15, 0.2) is 18.2 Å². The van der Waals surface area contributed by atoms with Crippen LogP contribution >= 0.6 is 23.7 Å². The van der Waals surface area contributed by atoms with E-state index in [1.165, 1.54) is 0 Å². The van der Waals surface area contributed by atoms with Gasteiger partial charge in [0.25, 0.3) is 0 Å². The highest BCUT2D eigenvalue weighted by molar-refractivity contribution is 7.18. The van der Waals surface area contributed by atoms with E-state index in [2.05, 4.69) is 15.6 Å². The van der Waals surface area contributed by atoms with Crippen LogP contribution in [0.5, 0.6) is 0 Å². The Morgan fingerprint density at radius 1 is 1.41 bits per heavy atom. The molecule has 1 saturated heterocycles. The van der Waals surface area contributed by atoms with Gasteiger partial charge in [-0.2, -0.15) is 0 Å². The molecule has 1 aromatic heterocycles. The SMILES string of the molecule is Cc1nc2ccc(NC(=O)C3CC34CCNCC4)cc2s1.Cl. The number of aryl methyl sites for hydroxylation is 1. The molecule has 2 aromatic rings. The number of nitrogens with one attached hydrogen (secondary N) is 2. The number of hydrogen-bond donors (Lipinski definition) is 2. The highest BCUT2D eigenvalue weighted by Crippen LogP contribution is 2.58. The van der Waals surface area contributed by atoms with Crippen LogP contribution in [0.3, 0.4) is 0 Å². The minimum Gasteiger partial charge on any atom is -0.326 e. The molecule has 2 heterocycles. The minimum absolute atomic E-state index is 0. The second-order valence-corrected chi connectivity index (χ2v) is 7.51. The van der Waals surface area contributed by atoms with E-state index in [1.54, 1.807) is 11.3 Å². The number of carbonyl (C=O) groups excluding carboxylic acids is 1. The first-order valence-corrected chi connectivity index (χ1v) is 8.37. The summed E-state index contributed by atoms with van der Waals surface area (Å²) in [5, 5.41) is 7.53. The number of rotatable bonds is 2. The van der Waals surface area contributed by atoms with Gasteiger partial charge in [-0.05, 0) is 62.9 Å². The Balaban J connectivity index is 0.00000144. The van der Waals surface area contributed by atoms with Gasteiger partial charge < -0.3 is 10.6 Å². The molecule has 2 fully saturated rings. The van der Waals surface area contributed by atoms with Crippen LogP contribution in [0.1, 0.15) is 24.3 Å². The van der Waals surface area contributed by atoms with Gasteiger partial charge in [-0.15, -0.1) is 23.7 Å². The predicted molar refractivity (Wildman–Crippen MR) is 92.9 cm³/mol. The normalized spacial score (nSPS) is 22.3. The van der Waals surface area contributed by atoms with Crippen molar-refractivity contribution in [2.24, 2.45) is 11.3 Å². The van der Waals surface area contributed by atoms with Crippen LogP contribution in [-0.4, -0.2) is 24.0 Å². The highest BCUT2D eigenvalue weighted by atomic mass is 35.5. The van der Waals surface area contributed by atoms with E-state index >= 15 is 0 Å². The van der Waals surface area contributed by atoms with E-state index in [9.17, 15) is 4.79 Å². The molecule has 1 aromatic carbocycles. The molecule has 1 atom stereocenters. The molecule has 0 radical (unpaired) electrons. The average Bonchev–Trinajstić information content (AvgIpc) is 3.02. The molecule has 6 heteroatoms. The first-order valence-electron chi connectivity index (χ1n) is 7.55. The largest absolute Gasteiger partial charge is 0.326 e. The smallest absolute Gasteiger partial charge is 0.228 e. The molecule has 2 N–H and O–H groups in total. The summed E-state index contributed by atoms with van der Waals surface area (Å²) in [6.45, 7) is 4.11. The Morgan fingerprint density at radius 3 is 2.95 bits per heavy atom. The van der Waals surface area contributed by atoms with Crippen molar-refractivity contribution >= 4 is 45.6 Å². The zero-order chi connectivity index (χ0) is 14.4. The van der Waals surface area contributed by atoms with Crippen LogP contribution in [0, 0.1) is 18.3 Å². The second kappa shape index (κ2) is 5.80. The summed E-state index contributed by atoms with van der Waals surface area (Å²) in [5.74, 6) is 0.399. The quantitative estimate of drug-likeness (QED) is 0.883. The van der Waals surface area contributed by atoms with E-state index in [0.717, 1.165) is 53.3 Å². The van der Waals surface area contributed by atoms with Crippen molar-refractivity contribution in [2.75, 3.05) is 18.4 Å². The molecule has 22 heavy (non-hydrogen) atoms. The van der Waals surface area contributed by atoms with Gasteiger partial charge in [0.15, 0.2) is 0 Å². The second-order valence-electron chi connectivity index (χ2n) is 6.27. The molecular weight excluding hydrogens is 318 g/mol. The summed E-state index contributed by atoms with van der Waals surface area (Å²) in [7, 11) is 0. The zero-order valence-electron chi connectivity index (χ0n) is 12.5. The van der Waals surface area contributed by atoms with Gasteiger partial charge in [0.1, 0.15) is 0 Å². The first-order chi connectivity index (χ1) is 10.2. The molecule has 1 saturated carbocycles. The first kappa shape index (κ1) is 15.7. The molecule has 1 aliphatic heterocycles. The number of thiazole rings is 1. The Labute approximate surface area is 140 Å². The lowest BCUT2D eigenvalue weighted by atomic mass is 9.92. The minimum atomic E-state index is 0. The van der Waals surface area contributed by atoms with Gasteiger partial charge in [-0.1, -0.05) is 0 Å². The van der Waals surface area contributed by atoms with Crippen molar-refractivity contribution in [1.29, 1.82) is 0 Å². The fourth-order valence-electron chi connectivity index (χ4n) is 3.54. The maximum atomic E-state index is 12.4. The van der Waals surface area contributed by atoms with Crippen molar-refractivity contribution in [2.45, 2.75) is 26.2 Å². The third-order valence-electron chi connectivity index (χ3n) is 4.87. The molecule has 1 amide bonds. The number of halogens is 1. The molecule has 4 rings (SSSR count). The molecule has 1 spiro atoms. The van der Waals surface area contributed by atoms with Gasteiger partial charge in [0.05, 0.1) is 15.2 Å². The van der Waals surface area contributed by atoms with Gasteiger partial charge in [-0.3, -0.25) is 4.79 Å². The summed E-state index contributed by atoms with van der Waals surface area (Å²) < 4.78 is 1.14. The average molecular weight is 338 g/mol. The number of anilines is 1. The number of aromatic nitrogens is 1. The van der Waals surface area contributed by atoms with Gasteiger partial charge in [0.2, 0.25) is 5.91 Å². The summed E-state index contributed by atoms with van der Waals surface area (Å²) in [4.78, 5) is 16.9. The van der Waals surface area contributed by atoms with Gasteiger partial charge in [-0.25, -0.2) is 4.98 Å². The number of hydrogen-bond acceptors (Lipinski definition) is 4. The fraction of sp³-hybridized carbons (Fsp3) is 0.500. The van der Waals surface area contributed by atoms with Crippen molar-refractivity contribution in [3.8, 4) is 0 Å². The van der Waals surface area contributed by atoms with Crippen LogP contribution in [0.2, 0.25) is 0 Å². The van der Waals surface area contributed by atoms with Crippen molar-refractivity contribution in [3.05, 3.63) is 23.2 Å². The van der Waals surface area contributed by atoms with E-state index in [-0.39, 0.29) is 24.2 Å². The molecule has 0 bridgehead atoms. The molecule has 1 aliphatic carbocycles. The molecule has 2 aliphatic rings. The fourth-order valence-corrected chi connectivity index (χ4v) is 4.41. The van der Waals surface area contributed by atoms with Gasteiger partial charge >= 0.3 is 0 Å². The summed E-state index contributed by atoms with van der Waals surface area (Å²) in [6, 6.07) is 5.98. The number of amides is 1.